The number of hydrogen-bond donors (Lipinski definition) is 0. The van der Waals surface area contributed by atoms with Crippen LogP contribution in [0.1, 0.15) is 79.1 Å². The van der Waals surface area contributed by atoms with E-state index in [2.05, 4.69) is 6.92 Å². The van der Waals surface area contributed by atoms with Crippen LogP contribution in [0.2, 0.25) is 0 Å². The van der Waals surface area contributed by atoms with E-state index in [1.54, 1.807) is 7.05 Å². The SMILES string of the molecule is CCCCCCCCCCOCCOCCOCCOCCOCCN(C)C(=O)OC(C)(C)C. The number of rotatable bonds is 24. The predicted octanol–water partition coefficient (Wildman–Crippen LogP) is 5.08. The van der Waals surface area contributed by atoms with Gasteiger partial charge in [0.25, 0.3) is 0 Å². The number of likely N-dealkylation sites (N-methyl/N-ethyl adjacent to an activating group) is 1. The zero-order valence-electron chi connectivity index (χ0n) is 22.7. The maximum atomic E-state index is 11.8. The maximum absolute atomic E-state index is 11.8. The van der Waals surface area contributed by atoms with E-state index in [0.29, 0.717) is 66.0 Å². The maximum Gasteiger partial charge on any atom is 0.410 e. The monoisotopic (exact) mass is 491 g/mol. The van der Waals surface area contributed by atoms with Crippen LogP contribution in [-0.2, 0) is 28.4 Å². The minimum atomic E-state index is -0.491. The number of ether oxygens (including phenoxy) is 6. The van der Waals surface area contributed by atoms with Crippen molar-refractivity contribution in [1.82, 2.24) is 4.90 Å². The molecule has 0 aliphatic rings. The molecule has 0 heterocycles. The van der Waals surface area contributed by atoms with Crippen molar-refractivity contribution in [3.8, 4) is 0 Å². The first-order valence-corrected chi connectivity index (χ1v) is 13.2. The van der Waals surface area contributed by atoms with Crippen molar-refractivity contribution in [2.75, 3.05) is 79.7 Å². The second-order valence-corrected chi connectivity index (χ2v) is 9.44. The van der Waals surface area contributed by atoms with Crippen LogP contribution in [0.5, 0.6) is 0 Å². The van der Waals surface area contributed by atoms with E-state index in [9.17, 15) is 4.79 Å². The molecule has 0 fully saturated rings. The number of nitrogens with zero attached hydrogens (tertiary/aromatic N) is 1. The lowest BCUT2D eigenvalue weighted by Gasteiger charge is -2.24. The third kappa shape index (κ3) is 25.7. The van der Waals surface area contributed by atoms with Crippen LogP contribution in [0.25, 0.3) is 0 Å². The lowest BCUT2D eigenvalue weighted by Crippen LogP contribution is -2.36. The smallest absolute Gasteiger partial charge is 0.410 e. The molecule has 0 N–H and O–H groups in total. The van der Waals surface area contributed by atoms with Gasteiger partial charge in [0.05, 0.1) is 59.5 Å². The molecule has 0 bridgehead atoms. The fourth-order valence-corrected chi connectivity index (χ4v) is 2.95. The van der Waals surface area contributed by atoms with E-state index in [0.717, 1.165) is 13.0 Å². The van der Waals surface area contributed by atoms with Crippen LogP contribution in [0, 0.1) is 0 Å². The van der Waals surface area contributed by atoms with Crippen molar-refractivity contribution >= 4 is 6.09 Å². The molecule has 0 aliphatic heterocycles. The molecule has 8 nitrogen and oxygen atoms in total. The van der Waals surface area contributed by atoms with Crippen molar-refractivity contribution in [1.29, 1.82) is 0 Å². The summed E-state index contributed by atoms with van der Waals surface area (Å²) in [6.07, 6.45) is 10.2. The van der Waals surface area contributed by atoms with Crippen LogP contribution in [0.4, 0.5) is 4.79 Å². The molecule has 204 valence electrons. The Balaban J connectivity index is 3.18. The molecule has 0 aliphatic carbocycles. The first-order valence-electron chi connectivity index (χ1n) is 13.2. The minimum absolute atomic E-state index is 0.347. The van der Waals surface area contributed by atoms with Gasteiger partial charge in [0.15, 0.2) is 0 Å². The number of unbranched alkanes of at least 4 members (excludes halogenated alkanes) is 7. The minimum Gasteiger partial charge on any atom is -0.444 e. The topological polar surface area (TPSA) is 75.7 Å². The molecule has 0 atom stereocenters. The number of amides is 1. The van der Waals surface area contributed by atoms with E-state index in [-0.39, 0.29) is 6.09 Å². The van der Waals surface area contributed by atoms with Crippen LogP contribution in [0.15, 0.2) is 0 Å². The molecule has 0 aromatic rings. The van der Waals surface area contributed by atoms with E-state index in [1.165, 1.54) is 49.8 Å². The van der Waals surface area contributed by atoms with Gasteiger partial charge in [-0.25, -0.2) is 4.79 Å². The van der Waals surface area contributed by atoms with Crippen molar-refractivity contribution in [3.63, 3.8) is 0 Å². The van der Waals surface area contributed by atoms with Gasteiger partial charge < -0.3 is 33.3 Å². The molecule has 8 heteroatoms. The summed E-state index contributed by atoms with van der Waals surface area (Å²) in [5, 5.41) is 0. The Morgan fingerprint density at radius 3 is 1.41 bits per heavy atom. The second kappa shape index (κ2) is 23.8. The molecule has 0 radical (unpaired) electrons. The summed E-state index contributed by atoms with van der Waals surface area (Å²) >= 11 is 0. The van der Waals surface area contributed by atoms with Gasteiger partial charge in [-0.05, 0) is 27.2 Å². The van der Waals surface area contributed by atoms with Crippen molar-refractivity contribution < 1.29 is 33.2 Å². The van der Waals surface area contributed by atoms with Gasteiger partial charge in [0, 0.05) is 20.2 Å². The summed E-state index contributed by atoms with van der Waals surface area (Å²) in [7, 11) is 1.69. The summed E-state index contributed by atoms with van der Waals surface area (Å²) in [4.78, 5) is 13.3. The fraction of sp³-hybridized carbons (Fsp3) is 0.962. The van der Waals surface area contributed by atoms with Gasteiger partial charge in [0.1, 0.15) is 5.60 Å². The number of hydrogen-bond acceptors (Lipinski definition) is 7. The van der Waals surface area contributed by atoms with Gasteiger partial charge in [-0.3, -0.25) is 0 Å². The second-order valence-electron chi connectivity index (χ2n) is 9.44. The molecule has 34 heavy (non-hydrogen) atoms. The molecular formula is C26H53NO7. The molecule has 0 aromatic carbocycles. The first-order chi connectivity index (χ1) is 16.4. The van der Waals surface area contributed by atoms with Crippen LogP contribution in [0.3, 0.4) is 0 Å². The summed E-state index contributed by atoms with van der Waals surface area (Å²) in [5.74, 6) is 0. The number of carbonyl (C=O) groups is 1. The van der Waals surface area contributed by atoms with Crippen molar-refractivity contribution in [2.45, 2.75) is 84.7 Å². The summed E-state index contributed by atoms with van der Waals surface area (Å²) in [6, 6.07) is 0. The van der Waals surface area contributed by atoms with E-state index in [4.69, 9.17) is 28.4 Å². The van der Waals surface area contributed by atoms with E-state index >= 15 is 0 Å². The van der Waals surface area contributed by atoms with Gasteiger partial charge in [-0.2, -0.15) is 0 Å². The largest absolute Gasteiger partial charge is 0.444 e. The quantitative estimate of drug-likeness (QED) is 0.174. The Kier molecular flexibility index (Phi) is 23.1. The molecular weight excluding hydrogens is 438 g/mol. The van der Waals surface area contributed by atoms with Crippen LogP contribution in [-0.4, -0.2) is 96.3 Å². The molecule has 0 saturated carbocycles. The predicted molar refractivity (Wildman–Crippen MR) is 136 cm³/mol. The number of carbonyl (C=O) groups excluding carboxylic acids is 1. The van der Waals surface area contributed by atoms with Crippen molar-refractivity contribution in [2.24, 2.45) is 0 Å². The van der Waals surface area contributed by atoms with Crippen LogP contribution >= 0.6 is 0 Å². The van der Waals surface area contributed by atoms with Gasteiger partial charge in [-0.1, -0.05) is 51.9 Å². The normalized spacial score (nSPS) is 11.7. The average Bonchev–Trinajstić information content (AvgIpc) is 2.78. The van der Waals surface area contributed by atoms with Crippen molar-refractivity contribution in [3.05, 3.63) is 0 Å². The Hall–Kier alpha value is -0.930. The van der Waals surface area contributed by atoms with E-state index < -0.39 is 5.60 Å². The van der Waals surface area contributed by atoms with Gasteiger partial charge in [0.2, 0.25) is 0 Å². The highest BCUT2D eigenvalue weighted by molar-refractivity contribution is 5.67. The standard InChI is InChI=1S/C26H53NO7/c1-6-7-8-9-10-11-12-13-15-29-17-19-31-21-23-33-24-22-32-20-18-30-16-14-27(5)25(28)34-26(2,3)4/h6-24H2,1-5H3. The third-order valence-electron chi connectivity index (χ3n) is 4.91. The Morgan fingerprint density at radius 1 is 0.588 bits per heavy atom. The highest BCUT2D eigenvalue weighted by Crippen LogP contribution is 2.09. The lowest BCUT2D eigenvalue weighted by molar-refractivity contribution is -0.0132. The lowest BCUT2D eigenvalue weighted by atomic mass is 10.1. The summed E-state index contributed by atoms with van der Waals surface area (Å²) in [5.41, 5.74) is -0.491. The molecule has 0 spiro atoms. The fourth-order valence-electron chi connectivity index (χ4n) is 2.95. The summed E-state index contributed by atoms with van der Waals surface area (Å²) < 4.78 is 32.8. The molecule has 1 amide bonds. The zero-order chi connectivity index (χ0) is 25.3. The van der Waals surface area contributed by atoms with E-state index in [1.807, 2.05) is 20.8 Å². The van der Waals surface area contributed by atoms with Crippen LogP contribution < -0.4 is 0 Å². The Labute approximate surface area is 208 Å². The summed E-state index contributed by atoms with van der Waals surface area (Å²) in [6.45, 7) is 13.9. The Morgan fingerprint density at radius 2 is 0.971 bits per heavy atom. The zero-order valence-corrected chi connectivity index (χ0v) is 22.7. The average molecular weight is 492 g/mol. The first kappa shape index (κ1) is 33.1. The Bertz CT molecular complexity index is 443. The third-order valence-corrected chi connectivity index (χ3v) is 4.91. The van der Waals surface area contributed by atoms with Gasteiger partial charge in [-0.15, -0.1) is 0 Å². The molecule has 0 rings (SSSR count). The molecule has 0 unspecified atom stereocenters. The molecule has 0 saturated heterocycles. The molecule has 0 aromatic heterocycles. The highest BCUT2D eigenvalue weighted by Gasteiger charge is 2.19. The highest BCUT2D eigenvalue weighted by atomic mass is 16.6. The van der Waals surface area contributed by atoms with Gasteiger partial charge >= 0.3 is 6.09 Å².